The van der Waals surface area contributed by atoms with Gasteiger partial charge in [0.15, 0.2) is 0 Å². The topological polar surface area (TPSA) is 81.1 Å². The van der Waals surface area contributed by atoms with E-state index < -0.39 is 6.03 Å². The highest BCUT2D eigenvalue weighted by atomic mass is 16.2. The van der Waals surface area contributed by atoms with Crippen molar-refractivity contribution in [3.63, 3.8) is 0 Å². The molecule has 0 radical (unpaired) electrons. The van der Waals surface area contributed by atoms with Crippen LogP contribution >= 0.6 is 0 Å². The van der Waals surface area contributed by atoms with Crippen molar-refractivity contribution in [2.45, 2.75) is 13.0 Å². The minimum absolute atomic E-state index is 0.252. The van der Waals surface area contributed by atoms with Crippen LogP contribution < -0.4 is 16.8 Å². The van der Waals surface area contributed by atoms with E-state index in [1.165, 1.54) is 0 Å². The Morgan fingerprint density at radius 3 is 2.33 bits per heavy atom. The first kappa shape index (κ1) is 7.97. The molecule has 0 saturated heterocycles. The van der Waals surface area contributed by atoms with Crippen LogP contribution in [0.1, 0.15) is 6.92 Å². The van der Waals surface area contributed by atoms with Gasteiger partial charge in [-0.25, -0.2) is 4.79 Å². The van der Waals surface area contributed by atoms with Crippen LogP contribution in [0, 0.1) is 0 Å². The zero-order valence-electron chi connectivity index (χ0n) is 5.35. The zero-order chi connectivity index (χ0) is 7.44. The van der Waals surface area contributed by atoms with Crippen LogP contribution in [0.4, 0.5) is 4.79 Å². The molecule has 0 aromatic carbocycles. The molecule has 0 aromatic heterocycles. The Labute approximate surface area is 53.9 Å². The number of hydrogen-bond acceptors (Lipinski definition) is 2. The fraction of sp³-hybridized carbons (Fsp3) is 0.400. The molecule has 0 aromatic rings. The molecule has 0 spiro atoms. The summed E-state index contributed by atoms with van der Waals surface area (Å²) in [6.45, 7) is 5.16. The average Bonchev–Trinajstić information content (AvgIpc) is 1.63. The highest BCUT2D eigenvalue weighted by molar-refractivity contribution is 5.73. The quantitative estimate of drug-likeness (QED) is 0.470. The number of carbonyl (C=O) groups is 1. The maximum Gasteiger partial charge on any atom is 0.316 e. The summed E-state index contributed by atoms with van der Waals surface area (Å²) in [6.07, 6.45) is 0. The Morgan fingerprint density at radius 1 is 1.78 bits per heavy atom. The van der Waals surface area contributed by atoms with Crippen molar-refractivity contribution < 1.29 is 4.79 Å². The SMILES string of the molecule is C=C(NC(N)=O)C(C)N. The summed E-state index contributed by atoms with van der Waals surface area (Å²) in [4.78, 5) is 10.1. The van der Waals surface area contributed by atoms with Gasteiger partial charge in [0, 0.05) is 11.7 Å². The largest absolute Gasteiger partial charge is 0.351 e. The van der Waals surface area contributed by atoms with E-state index in [0.29, 0.717) is 5.70 Å². The first-order valence-corrected chi connectivity index (χ1v) is 2.55. The van der Waals surface area contributed by atoms with E-state index in [9.17, 15) is 4.79 Å². The Bertz CT molecular complexity index is 130. The van der Waals surface area contributed by atoms with Gasteiger partial charge in [0.2, 0.25) is 0 Å². The molecular formula is C5H11N3O. The first-order chi connectivity index (χ1) is 4.04. The van der Waals surface area contributed by atoms with E-state index in [1.807, 2.05) is 0 Å². The van der Waals surface area contributed by atoms with E-state index in [4.69, 9.17) is 11.5 Å². The minimum atomic E-state index is -0.627. The van der Waals surface area contributed by atoms with E-state index in [0.717, 1.165) is 0 Å². The molecule has 0 bridgehead atoms. The number of hydrogen-bond donors (Lipinski definition) is 3. The third-order valence-corrected chi connectivity index (χ3v) is 0.833. The smallest absolute Gasteiger partial charge is 0.316 e. The van der Waals surface area contributed by atoms with Crippen LogP contribution in [-0.2, 0) is 0 Å². The Hall–Kier alpha value is -1.03. The molecule has 0 rings (SSSR count). The highest BCUT2D eigenvalue weighted by Gasteiger charge is 2.00. The predicted molar refractivity (Wildman–Crippen MR) is 35.5 cm³/mol. The monoisotopic (exact) mass is 129 g/mol. The lowest BCUT2D eigenvalue weighted by atomic mass is 10.3. The van der Waals surface area contributed by atoms with Crippen molar-refractivity contribution >= 4 is 6.03 Å². The molecule has 1 unspecified atom stereocenters. The van der Waals surface area contributed by atoms with Crippen molar-refractivity contribution in [1.29, 1.82) is 0 Å². The molecule has 52 valence electrons. The molecule has 0 aliphatic carbocycles. The molecule has 5 N–H and O–H groups in total. The van der Waals surface area contributed by atoms with Gasteiger partial charge in [0.25, 0.3) is 0 Å². The number of nitrogens with two attached hydrogens (primary N) is 2. The number of nitrogens with one attached hydrogen (secondary N) is 1. The molecule has 0 aliphatic heterocycles. The first-order valence-electron chi connectivity index (χ1n) is 2.55. The normalized spacial score (nSPS) is 12.2. The Morgan fingerprint density at radius 2 is 2.22 bits per heavy atom. The molecule has 0 heterocycles. The number of amides is 2. The fourth-order valence-electron chi connectivity index (χ4n) is 0.272. The van der Waals surface area contributed by atoms with Gasteiger partial charge in [0.05, 0.1) is 0 Å². The number of rotatable bonds is 2. The lowest BCUT2D eigenvalue weighted by Crippen LogP contribution is -2.35. The van der Waals surface area contributed by atoms with Crippen molar-refractivity contribution in [1.82, 2.24) is 5.32 Å². The van der Waals surface area contributed by atoms with E-state index in [-0.39, 0.29) is 6.04 Å². The summed E-state index contributed by atoms with van der Waals surface area (Å²) in [5.74, 6) is 0. The average molecular weight is 129 g/mol. The Balaban J connectivity index is 3.64. The summed E-state index contributed by atoms with van der Waals surface area (Å²) >= 11 is 0. The van der Waals surface area contributed by atoms with Crippen LogP contribution in [0.25, 0.3) is 0 Å². The molecule has 0 fully saturated rings. The van der Waals surface area contributed by atoms with Crippen molar-refractivity contribution in [3.05, 3.63) is 12.3 Å². The molecule has 0 aliphatic rings. The lowest BCUT2D eigenvalue weighted by molar-refractivity contribution is 0.251. The van der Waals surface area contributed by atoms with E-state index in [1.54, 1.807) is 6.92 Å². The van der Waals surface area contributed by atoms with Crippen LogP contribution in [0.15, 0.2) is 12.3 Å². The second kappa shape index (κ2) is 3.09. The van der Waals surface area contributed by atoms with Crippen LogP contribution in [0.5, 0.6) is 0 Å². The van der Waals surface area contributed by atoms with Crippen molar-refractivity contribution in [2.75, 3.05) is 0 Å². The highest BCUT2D eigenvalue weighted by Crippen LogP contribution is 1.87. The van der Waals surface area contributed by atoms with Crippen molar-refractivity contribution in [3.8, 4) is 0 Å². The molecule has 1 atom stereocenters. The van der Waals surface area contributed by atoms with Gasteiger partial charge in [-0.05, 0) is 6.92 Å². The molecule has 4 heteroatoms. The van der Waals surface area contributed by atoms with E-state index >= 15 is 0 Å². The van der Waals surface area contributed by atoms with Gasteiger partial charge in [-0.2, -0.15) is 0 Å². The summed E-state index contributed by atoms with van der Waals surface area (Å²) in [7, 11) is 0. The maximum absolute atomic E-state index is 10.1. The molecule has 4 nitrogen and oxygen atoms in total. The van der Waals surface area contributed by atoms with Gasteiger partial charge in [-0.3, -0.25) is 0 Å². The molecular weight excluding hydrogens is 118 g/mol. The number of carbonyl (C=O) groups excluding carboxylic acids is 1. The van der Waals surface area contributed by atoms with Crippen LogP contribution in [0.3, 0.4) is 0 Å². The van der Waals surface area contributed by atoms with E-state index in [2.05, 4.69) is 11.9 Å². The second-order valence-electron chi connectivity index (χ2n) is 1.80. The maximum atomic E-state index is 10.1. The van der Waals surface area contributed by atoms with Gasteiger partial charge in [0.1, 0.15) is 0 Å². The van der Waals surface area contributed by atoms with Gasteiger partial charge in [-0.1, -0.05) is 6.58 Å². The number of urea groups is 1. The third-order valence-electron chi connectivity index (χ3n) is 0.833. The minimum Gasteiger partial charge on any atom is -0.351 e. The summed E-state index contributed by atoms with van der Waals surface area (Å²) in [6, 6.07) is -0.880. The van der Waals surface area contributed by atoms with Gasteiger partial charge in [-0.15, -0.1) is 0 Å². The van der Waals surface area contributed by atoms with Crippen LogP contribution in [-0.4, -0.2) is 12.1 Å². The number of primary amides is 1. The van der Waals surface area contributed by atoms with Crippen molar-refractivity contribution in [2.24, 2.45) is 11.5 Å². The molecule has 2 amide bonds. The summed E-state index contributed by atoms with van der Waals surface area (Å²) < 4.78 is 0. The summed E-state index contributed by atoms with van der Waals surface area (Å²) in [5, 5.41) is 2.26. The van der Waals surface area contributed by atoms with Gasteiger partial charge < -0.3 is 16.8 Å². The van der Waals surface area contributed by atoms with Crippen LogP contribution in [0.2, 0.25) is 0 Å². The zero-order valence-corrected chi connectivity index (χ0v) is 5.35. The predicted octanol–water partition coefficient (Wildman–Crippen LogP) is -0.484. The van der Waals surface area contributed by atoms with Gasteiger partial charge >= 0.3 is 6.03 Å². The summed E-state index contributed by atoms with van der Waals surface area (Å²) in [5.41, 5.74) is 10.5. The third kappa shape index (κ3) is 3.54. The molecule has 0 saturated carbocycles. The second-order valence-corrected chi connectivity index (χ2v) is 1.80. The standard InChI is InChI=1S/C5H11N3O/c1-3(6)4(2)8-5(7)9/h3H,2,6H2,1H3,(H3,7,8,9). The fourth-order valence-corrected chi connectivity index (χ4v) is 0.272. The Kier molecular flexibility index (Phi) is 2.73. The molecule has 9 heavy (non-hydrogen) atoms. The lowest BCUT2D eigenvalue weighted by Gasteiger charge is -2.07.